The van der Waals surface area contributed by atoms with Gasteiger partial charge in [-0.2, -0.15) is 0 Å². The average molecular weight is 450 g/mol. The van der Waals surface area contributed by atoms with Gasteiger partial charge >= 0.3 is 0 Å². The zero-order valence-electron chi connectivity index (χ0n) is 19.5. The van der Waals surface area contributed by atoms with Crippen molar-refractivity contribution in [1.82, 2.24) is 0 Å². The lowest BCUT2D eigenvalue weighted by Crippen LogP contribution is -2.36. The number of hydrogen-bond donors (Lipinski definition) is 0. The minimum atomic E-state index is -0.779. The molecule has 1 aliphatic rings. The van der Waals surface area contributed by atoms with Gasteiger partial charge in [-0.3, -0.25) is 0 Å². The summed E-state index contributed by atoms with van der Waals surface area (Å²) in [5.41, 5.74) is 4.42. The first-order valence-electron chi connectivity index (χ1n) is 11.6. The van der Waals surface area contributed by atoms with Crippen LogP contribution in [-0.4, -0.2) is 19.7 Å². The number of benzene rings is 3. The molecule has 0 saturated carbocycles. The number of fused-ring (bicyclic) bond motifs is 2. The van der Waals surface area contributed by atoms with Crippen molar-refractivity contribution >= 4 is 17.3 Å². The first kappa shape index (κ1) is 22.7. The Kier molecular flexibility index (Phi) is 6.78. The molecule has 4 rings (SSSR count). The maximum atomic E-state index is 6.85. The van der Waals surface area contributed by atoms with Crippen LogP contribution >= 0.6 is 11.6 Å². The number of halogens is 1. The van der Waals surface area contributed by atoms with E-state index in [0.717, 1.165) is 70.4 Å². The fraction of sp³-hybridized carbons (Fsp3) is 0.357. The Morgan fingerprint density at radius 2 is 1.62 bits per heavy atom. The van der Waals surface area contributed by atoms with E-state index in [1.165, 1.54) is 0 Å². The summed E-state index contributed by atoms with van der Waals surface area (Å²) in [5, 5.41) is 0.718. The van der Waals surface area contributed by atoms with Crippen LogP contribution in [0, 0.1) is 6.92 Å². The van der Waals surface area contributed by atoms with Crippen molar-refractivity contribution in [3.05, 3.63) is 87.9 Å². The fourth-order valence-corrected chi connectivity index (χ4v) is 4.71. The molecule has 1 aliphatic heterocycles. The van der Waals surface area contributed by atoms with Crippen LogP contribution in [0.5, 0.6) is 11.5 Å². The van der Waals surface area contributed by atoms with Crippen LogP contribution < -0.4 is 9.64 Å². The van der Waals surface area contributed by atoms with Crippen molar-refractivity contribution in [3.8, 4) is 11.5 Å². The second-order valence-electron chi connectivity index (χ2n) is 8.30. The van der Waals surface area contributed by atoms with Gasteiger partial charge in [-0.1, -0.05) is 55.3 Å². The Hall–Kier alpha value is -2.49. The van der Waals surface area contributed by atoms with E-state index in [1.807, 2.05) is 25.1 Å². The molecule has 0 N–H and O–H groups in total. The van der Waals surface area contributed by atoms with E-state index in [0.29, 0.717) is 6.61 Å². The van der Waals surface area contributed by atoms with Crippen molar-refractivity contribution in [2.24, 2.45) is 0 Å². The molecule has 0 amide bonds. The molecule has 0 aliphatic carbocycles. The van der Waals surface area contributed by atoms with Crippen LogP contribution in [0.15, 0.2) is 60.7 Å². The lowest BCUT2D eigenvalue weighted by molar-refractivity contribution is 0.00489. The summed E-state index contributed by atoms with van der Waals surface area (Å²) in [5.74, 6) is 1.64. The van der Waals surface area contributed by atoms with Gasteiger partial charge in [-0.05, 0) is 62.6 Å². The van der Waals surface area contributed by atoms with Crippen LogP contribution in [0.25, 0.3) is 0 Å². The van der Waals surface area contributed by atoms with Gasteiger partial charge in [-0.15, -0.1) is 0 Å². The highest BCUT2D eigenvalue weighted by atomic mass is 35.5. The molecule has 0 spiro atoms. The van der Waals surface area contributed by atoms with E-state index in [4.69, 9.17) is 21.1 Å². The standard InChI is InChI=1S/C28H32ClNO2/c1-5-8-16-31-28(21-12-10-9-11-13-21)23-15-14-22(30(6-2)7-3)18-27(23)32-26-17-20(4)25(29)19-24(26)28/h9-15,17-19H,5-8,16H2,1-4H3. The summed E-state index contributed by atoms with van der Waals surface area (Å²) < 4.78 is 13.4. The lowest BCUT2D eigenvalue weighted by Gasteiger charge is -2.41. The van der Waals surface area contributed by atoms with Gasteiger partial charge in [0.05, 0.1) is 0 Å². The molecular weight excluding hydrogens is 418 g/mol. The third-order valence-electron chi connectivity index (χ3n) is 6.33. The maximum absolute atomic E-state index is 6.85. The van der Waals surface area contributed by atoms with Gasteiger partial charge in [0, 0.05) is 47.6 Å². The third kappa shape index (κ3) is 3.89. The highest BCUT2D eigenvalue weighted by Crippen LogP contribution is 2.54. The van der Waals surface area contributed by atoms with Crippen LogP contribution in [0.1, 0.15) is 55.9 Å². The Labute approximate surface area is 196 Å². The van der Waals surface area contributed by atoms with E-state index in [-0.39, 0.29) is 0 Å². The molecule has 0 radical (unpaired) electrons. The Balaban J connectivity index is 2.00. The monoisotopic (exact) mass is 449 g/mol. The van der Waals surface area contributed by atoms with Crippen molar-refractivity contribution < 1.29 is 9.47 Å². The van der Waals surface area contributed by atoms with E-state index >= 15 is 0 Å². The zero-order valence-corrected chi connectivity index (χ0v) is 20.2. The quantitative estimate of drug-likeness (QED) is 0.328. The first-order chi connectivity index (χ1) is 15.5. The van der Waals surface area contributed by atoms with Crippen LogP contribution in [0.3, 0.4) is 0 Å². The van der Waals surface area contributed by atoms with Gasteiger partial charge in [0.25, 0.3) is 0 Å². The van der Waals surface area contributed by atoms with Crippen molar-refractivity contribution in [2.45, 2.75) is 46.1 Å². The molecule has 1 atom stereocenters. The summed E-state index contributed by atoms with van der Waals surface area (Å²) in [4.78, 5) is 2.33. The van der Waals surface area contributed by atoms with E-state index < -0.39 is 5.60 Å². The summed E-state index contributed by atoms with van der Waals surface area (Å²) >= 11 is 6.64. The Bertz CT molecular complexity index is 1080. The van der Waals surface area contributed by atoms with Crippen molar-refractivity contribution in [1.29, 1.82) is 0 Å². The molecular formula is C28H32ClNO2. The smallest absolute Gasteiger partial charge is 0.150 e. The molecule has 1 heterocycles. The number of ether oxygens (including phenoxy) is 2. The highest BCUT2D eigenvalue weighted by Gasteiger charge is 2.45. The molecule has 3 aromatic rings. The largest absolute Gasteiger partial charge is 0.456 e. The summed E-state index contributed by atoms with van der Waals surface area (Å²) in [6, 6.07) is 21.0. The van der Waals surface area contributed by atoms with E-state index in [9.17, 15) is 0 Å². The molecule has 3 aromatic carbocycles. The first-order valence-corrected chi connectivity index (χ1v) is 12.0. The van der Waals surface area contributed by atoms with Crippen LogP contribution in [0.4, 0.5) is 5.69 Å². The number of unbranched alkanes of at least 4 members (excludes halogenated alkanes) is 1. The molecule has 32 heavy (non-hydrogen) atoms. The second-order valence-corrected chi connectivity index (χ2v) is 8.71. The third-order valence-corrected chi connectivity index (χ3v) is 6.74. The lowest BCUT2D eigenvalue weighted by atomic mass is 9.77. The SMILES string of the molecule is CCCCOC1(c2ccccc2)c2ccc(N(CC)CC)cc2Oc2cc(C)c(Cl)cc21. The van der Waals surface area contributed by atoms with Gasteiger partial charge in [0.2, 0.25) is 0 Å². The number of hydrogen-bond acceptors (Lipinski definition) is 3. The van der Waals surface area contributed by atoms with Gasteiger partial charge in [0.15, 0.2) is 5.60 Å². The maximum Gasteiger partial charge on any atom is 0.150 e. The summed E-state index contributed by atoms with van der Waals surface area (Å²) in [7, 11) is 0. The molecule has 168 valence electrons. The van der Waals surface area contributed by atoms with Gasteiger partial charge in [0.1, 0.15) is 11.5 Å². The Morgan fingerprint density at radius 1 is 0.906 bits per heavy atom. The normalized spacial score (nSPS) is 16.8. The molecule has 1 unspecified atom stereocenters. The number of anilines is 1. The summed E-state index contributed by atoms with van der Waals surface area (Å²) in [6.45, 7) is 11.1. The topological polar surface area (TPSA) is 21.7 Å². The molecule has 0 saturated heterocycles. The summed E-state index contributed by atoms with van der Waals surface area (Å²) in [6.07, 6.45) is 2.05. The fourth-order valence-electron chi connectivity index (χ4n) is 4.54. The number of nitrogens with zero attached hydrogens (tertiary/aromatic N) is 1. The molecule has 4 heteroatoms. The van der Waals surface area contributed by atoms with Crippen LogP contribution in [0.2, 0.25) is 5.02 Å². The van der Waals surface area contributed by atoms with Crippen molar-refractivity contribution in [3.63, 3.8) is 0 Å². The zero-order chi connectivity index (χ0) is 22.7. The Morgan fingerprint density at radius 3 is 2.31 bits per heavy atom. The minimum absolute atomic E-state index is 0.646. The molecule has 0 aromatic heterocycles. The number of rotatable bonds is 8. The average Bonchev–Trinajstić information content (AvgIpc) is 2.81. The predicted molar refractivity (Wildman–Crippen MR) is 133 cm³/mol. The van der Waals surface area contributed by atoms with Gasteiger partial charge < -0.3 is 14.4 Å². The van der Waals surface area contributed by atoms with Crippen LogP contribution in [-0.2, 0) is 10.3 Å². The van der Waals surface area contributed by atoms with Gasteiger partial charge in [-0.25, -0.2) is 0 Å². The highest BCUT2D eigenvalue weighted by molar-refractivity contribution is 6.31. The molecule has 0 bridgehead atoms. The molecule has 0 fully saturated rings. The van der Waals surface area contributed by atoms with E-state index in [1.54, 1.807) is 0 Å². The second kappa shape index (κ2) is 9.56. The number of aryl methyl sites for hydroxylation is 1. The molecule has 3 nitrogen and oxygen atoms in total. The van der Waals surface area contributed by atoms with E-state index in [2.05, 4.69) is 68.1 Å². The minimum Gasteiger partial charge on any atom is -0.456 e. The van der Waals surface area contributed by atoms with Crippen molar-refractivity contribution in [2.75, 3.05) is 24.6 Å². The predicted octanol–water partition coefficient (Wildman–Crippen LogP) is 7.71.